The Kier molecular flexibility index (Phi) is 3.59. The minimum atomic E-state index is 0.479. The lowest BCUT2D eigenvalue weighted by atomic mass is 10.2. The largest absolute Gasteiger partial charge is 0.368 e. The highest BCUT2D eigenvalue weighted by molar-refractivity contribution is 7.99. The van der Waals surface area contributed by atoms with Crippen molar-refractivity contribution in [1.82, 2.24) is 14.8 Å². The van der Waals surface area contributed by atoms with Gasteiger partial charge in [0.15, 0.2) is 5.16 Å². The molecule has 5 heteroatoms. The number of nitrogen functional groups attached to an aromatic ring is 1. The van der Waals surface area contributed by atoms with Crippen molar-refractivity contribution in [3.63, 3.8) is 0 Å². The minimum absolute atomic E-state index is 0.479. The zero-order chi connectivity index (χ0) is 9.84. The number of hydrogen-bond acceptors (Lipinski definition) is 4. The summed E-state index contributed by atoms with van der Waals surface area (Å²) in [6.45, 7) is 4.43. The van der Waals surface area contributed by atoms with Crippen molar-refractivity contribution in [3.05, 3.63) is 0 Å². The molecule has 1 rings (SSSR count). The zero-order valence-electron chi connectivity index (χ0n) is 8.32. The van der Waals surface area contributed by atoms with Crippen molar-refractivity contribution in [1.29, 1.82) is 0 Å². The average molecular weight is 200 g/mol. The molecule has 4 nitrogen and oxygen atoms in total. The predicted octanol–water partition coefficient (Wildman–Crippen LogP) is 1.54. The van der Waals surface area contributed by atoms with E-state index < -0.39 is 0 Å². The van der Waals surface area contributed by atoms with Crippen LogP contribution >= 0.6 is 11.8 Å². The molecule has 0 atom stereocenters. The fraction of sp³-hybridized carbons (Fsp3) is 0.750. The lowest BCUT2D eigenvalue weighted by Gasteiger charge is -2.03. The van der Waals surface area contributed by atoms with Crippen molar-refractivity contribution in [2.24, 2.45) is 13.0 Å². The summed E-state index contributed by atoms with van der Waals surface area (Å²) in [6, 6.07) is 0. The predicted molar refractivity (Wildman–Crippen MR) is 55.6 cm³/mol. The SMILES string of the molecule is CC(C)CCSc1nnc(N)n1C. The summed E-state index contributed by atoms with van der Waals surface area (Å²) in [7, 11) is 1.88. The normalized spacial score (nSPS) is 11.1. The third kappa shape index (κ3) is 2.91. The van der Waals surface area contributed by atoms with E-state index in [0.717, 1.165) is 16.8 Å². The van der Waals surface area contributed by atoms with E-state index in [1.54, 1.807) is 11.8 Å². The van der Waals surface area contributed by atoms with Gasteiger partial charge in [-0.1, -0.05) is 25.6 Å². The van der Waals surface area contributed by atoms with Crippen molar-refractivity contribution < 1.29 is 0 Å². The molecule has 0 unspecified atom stereocenters. The summed E-state index contributed by atoms with van der Waals surface area (Å²) in [5, 5.41) is 8.65. The van der Waals surface area contributed by atoms with Gasteiger partial charge in [-0.3, -0.25) is 4.57 Å². The average Bonchev–Trinajstić information content (AvgIpc) is 2.35. The van der Waals surface area contributed by atoms with Gasteiger partial charge in [-0.15, -0.1) is 10.2 Å². The molecule has 0 bridgehead atoms. The molecule has 0 amide bonds. The van der Waals surface area contributed by atoms with E-state index in [-0.39, 0.29) is 0 Å². The molecule has 0 aliphatic rings. The summed E-state index contributed by atoms with van der Waals surface area (Å²) < 4.78 is 1.81. The zero-order valence-corrected chi connectivity index (χ0v) is 9.14. The molecule has 0 fully saturated rings. The molecule has 1 heterocycles. The van der Waals surface area contributed by atoms with Crippen LogP contribution in [0.1, 0.15) is 20.3 Å². The van der Waals surface area contributed by atoms with Gasteiger partial charge in [0.25, 0.3) is 0 Å². The van der Waals surface area contributed by atoms with Crippen LogP contribution in [-0.2, 0) is 7.05 Å². The van der Waals surface area contributed by atoms with Crippen molar-refractivity contribution in [2.75, 3.05) is 11.5 Å². The number of nitrogens with zero attached hydrogens (tertiary/aromatic N) is 3. The third-order valence-electron chi connectivity index (χ3n) is 1.79. The van der Waals surface area contributed by atoms with E-state index in [1.807, 2.05) is 11.6 Å². The van der Waals surface area contributed by atoms with Gasteiger partial charge < -0.3 is 5.73 Å². The van der Waals surface area contributed by atoms with Gasteiger partial charge in [-0.25, -0.2) is 0 Å². The lowest BCUT2D eigenvalue weighted by Crippen LogP contribution is -1.98. The van der Waals surface area contributed by atoms with Crippen LogP contribution < -0.4 is 5.73 Å². The van der Waals surface area contributed by atoms with Crippen molar-refractivity contribution in [3.8, 4) is 0 Å². The Bertz CT molecular complexity index is 269. The number of rotatable bonds is 4. The molecule has 0 aliphatic carbocycles. The standard InChI is InChI=1S/C8H16N4S/c1-6(2)4-5-13-8-11-10-7(9)12(8)3/h6H,4-5H2,1-3H3,(H2,9,10). The first-order chi connectivity index (χ1) is 6.11. The smallest absolute Gasteiger partial charge is 0.222 e. The second kappa shape index (κ2) is 4.50. The first kappa shape index (κ1) is 10.4. The van der Waals surface area contributed by atoms with E-state index in [0.29, 0.717) is 5.95 Å². The fourth-order valence-corrected chi connectivity index (χ4v) is 2.00. The van der Waals surface area contributed by atoms with Gasteiger partial charge in [0, 0.05) is 12.8 Å². The second-order valence-corrected chi connectivity index (χ2v) is 4.49. The van der Waals surface area contributed by atoms with Crippen molar-refractivity contribution in [2.45, 2.75) is 25.4 Å². The molecule has 13 heavy (non-hydrogen) atoms. The topological polar surface area (TPSA) is 56.7 Å². The van der Waals surface area contributed by atoms with Crippen LogP contribution in [0.15, 0.2) is 5.16 Å². The summed E-state index contributed by atoms with van der Waals surface area (Å²) >= 11 is 1.71. The van der Waals surface area contributed by atoms with Gasteiger partial charge in [0.1, 0.15) is 0 Å². The Morgan fingerprint density at radius 1 is 1.46 bits per heavy atom. The van der Waals surface area contributed by atoms with Gasteiger partial charge in [0.05, 0.1) is 0 Å². The third-order valence-corrected chi connectivity index (χ3v) is 2.85. The highest BCUT2D eigenvalue weighted by Crippen LogP contribution is 2.18. The van der Waals surface area contributed by atoms with Crippen LogP contribution in [0, 0.1) is 5.92 Å². The quantitative estimate of drug-likeness (QED) is 0.749. The van der Waals surface area contributed by atoms with E-state index in [9.17, 15) is 0 Å². The molecule has 0 aromatic carbocycles. The van der Waals surface area contributed by atoms with Gasteiger partial charge in [-0.2, -0.15) is 0 Å². The second-order valence-electron chi connectivity index (χ2n) is 3.43. The number of nitrogens with two attached hydrogens (primary N) is 1. The molecule has 0 radical (unpaired) electrons. The molecule has 0 aliphatic heterocycles. The van der Waals surface area contributed by atoms with E-state index in [2.05, 4.69) is 24.0 Å². The number of thioether (sulfide) groups is 1. The molecule has 0 saturated carbocycles. The Labute approximate surface area is 82.9 Å². The Morgan fingerprint density at radius 2 is 2.15 bits per heavy atom. The first-order valence-corrected chi connectivity index (χ1v) is 5.37. The summed E-state index contributed by atoms with van der Waals surface area (Å²) in [5.41, 5.74) is 5.55. The maximum Gasteiger partial charge on any atom is 0.222 e. The molecular formula is C8H16N4S. The highest BCUT2D eigenvalue weighted by atomic mass is 32.2. The van der Waals surface area contributed by atoms with Crippen LogP contribution in [0.5, 0.6) is 0 Å². The number of hydrogen-bond donors (Lipinski definition) is 1. The Balaban J connectivity index is 2.41. The van der Waals surface area contributed by atoms with Crippen LogP contribution in [0.4, 0.5) is 5.95 Å². The molecule has 1 aromatic rings. The summed E-state index contributed by atoms with van der Waals surface area (Å²) in [4.78, 5) is 0. The lowest BCUT2D eigenvalue weighted by molar-refractivity contribution is 0.631. The monoisotopic (exact) mass is 200 g/mol. The summed E-state index contributed by atoms with van der Waals surface area (Å²) in [6.07, 6.45) is 1.19. The fourth-order valence-electron chi connectivity index (χ4n) is 0.838. The van der Waals surface area contributed by atoms with E-state index in [4.69, 9.17) is 5.73 Å². The van der Waals surface area contributed by atoms with Crippen LogP contribution in [-0.4, -0.2) is 20.5 Å². The molecular weight excluding hydrogens is 184 g/mol. The number of aromatic nitrogens is 3. The van der Waals surface area contributed by atoms with Crippen LogP contribution in [0.2, 0.25) is 0 Å². The maximum atomic E-state index is 5.55. The Hall–Kier alpha value is -0.710. The first-order valence-electron chi connectivity index (χ1n) is 4.39. The van der Waals surface area contributed by atoms with Gasteiger partial charge in [-0.05, 0) is 12.3 Å². The molecule has 74 valence electrons. The molecule has 1 aromatic heterocycles. The van der Waals surface area contributed by atoms with E-state index in [1.165, 1.54) is 6.42 Å². The van der Waals surface area contributed by atoms with Crippen molar-refractivity contribution >= 4 is 17.7 Å². The van der Waals surface area contributed by atoms with Crippen LogP contribution in [0.3, 0.4) is 0 Å². The maximum absolute atomic E-state index is 5.55. The summed E-state index contributed by atoms with van der Waals surface area (Å²) in [5.74, 6) is 2.29. The van der Waals surface area contributed by atoms with E-state index >= 15 is 0 Å². The molecule has 0 spiro atoms. The highest BCUT2D eigenvalue weighted by Gasteiger charge is 2.05. The molecule has 2 N–H and O–H groups in total. The Morgan fingerprint density at radius 3 is 2.62 bits per heavy atom. The minimum Gasteiger partial charge on any atom is -0.368 e. The van der Waals surface area contributed by atoms with Crippen LogP contribution in [0.25, 0.3) is 0 Å². The molecule has 0 saturated heterocycles. The van der Waals surface area contributed by atoms with Gasteiger partial charge in [0.2, 0.25) is 5.95 Å². The van der Waals surface area contributed by atoms with Gasteiger partial charge >= 0.3 is 0 Å². The number of anilines is 1.